The van der Waals surface area contributed by atoms with Crippen LogP contribution >= 0.6 is 0 Å². The van der Waals surface area contributed by atoms with Crippen LogP contribution in [0, 0.1) is 5.92 Å². The summed E-state index contributed by atoms with van der Waals surface area (Å²) in [6.45, 7) is 7.19. The predicted octanol–water partition coefficient (Wildman–Crippen LogP) is 2.25. The summed E-state index contributed by atoms with van der Waals surface area (Å²) in [5.74, 6) is 0.411. The summed E-state index contributed by atoms with van der Waals surface area (Å²) >= 11 is 0. The Hall–Kier alpha value is -0.900. The van der Waals surface area contributed by atoms with E-state index >= 15 is 0 Å². The van der Waals surface area contributed by atoms with Crippen LogP contribution in [0.1, 0.15) is 39.8 Å². The number of hydrogen-bond acceptors (Lipinski definition) is 3. The molecule has 0 aliphatic heterocycles. The number of nitrogens with zero attached hydrogens (tertiary/aromatic N) is 3. The molecule has 0 bridgehead atoms. The molecule has 1 rings (SSSR count). The quantitative estimate of drug-likeness (QED) is 0.657. The molecule has 1 aromatic heterocycles. The summed E-state index contributed by atoms with van der Waals surface area (Å²) in [6.07, 6.45) is 5.51. The van der Waals surface area contributed by atoms with Gasteiger partial charge in [0, 0.05) is 12.5 Å². The molecule has 4 heteroatoms. The largest absolute Gasteiger partial charge is 0.356 e. The van der Waals surface area contributed by atoms with E-state index in [2.05, 4.69) is 30.9 Å². The molecule has 0 aromatic carbocycles. The van der Waals surface area contributed by atoms with E-state index in [1.165, 1.54) is 0 Å². The zero-order chi connectivity index (χ0) is 10.4. The maximum atomic E-state index is 5.75. The molecule has 0 aliphatic rings. The molecule has 0 amide bonds. The Balaban J connectivity index is 2.48. The van der Waals surface area contributed by atoms with Crippen molar-refractivity contribution in [2.75, 3.05) is 6.61 Å². The van der Waals surface area contributed by atoms with Crippen molar-refractivity contribution in [1.29, 1.82) is 0 Å². The summed E-state index contributed by atoms with van der Waals surface area (Å²) in [4.78, 5) is 3.93. The standard InChI is InChI=1S/C10H19N3O/c1-4-5-6-14-10(9(2)3)13-8-11-7-12-13/h7-10H,4-6H2,1-3H3. The average Bonchev–Trinajstić information content (AvgIpc) is 2.64. The van der Waals surface area contributed by atoms with Crippen molar-refractivity contribution < 1.29 is 4.74 Å². The normalized spacial score (nSPS) is 13.4. The summed E-state index contributed by atoms with van der Waals surface area (Å²) in [5.41, 5.74) is 0. The van der Waals surface area contributed by atoms with E-state index in [0.717, 1.165) is 19.4 Å². The topological polar surface area (TPSA) is 39.9 Å². The first-order valence-electron chi connectivity index (χ1n) is 5.21. The van der Waals surface area contributed by atoms with Gasteiger partial charge >= 0.3 is 0 Å². The molecule has 1 unspecified atom stereocenters. The van der Waals surface area contributed by atoms with E-state index in [4.69, 9.17) is 4.74 Å². The van der Waals surface area contributed by atoms with Gasteiger partial charge in [0.1, 0.15) is 12.7 Å². The first-order valence-corrected chi connectivity index (χ1v) is 5.21. The van der Waals surface area contributed by atoms with E-state index < -0.39 is 0 Å². The molecule has 14 heavy (non-hydrogen) atoms. The Morgan fingerprint density at radius 2 is 2.21 bits per heavy atom. The van der Waals surface area contributed by atoms with Gasteiger partial charge in [-0.1, -0.05) is 27.2 Å². The van der Waals surface area contributed by atoms with Gasteiger partial charge in [0.25, 0.3) is 0 Å². The highest BCUT2D eigenvalue weighted by atomic mass is 16.5. The van der Waals surface area contributed by atoms with Crippen molar-refractivity contribution in [2.45, 2.75) is 39.8 Å². The van der Waals surface area contributed by atoms with Gasteiger partial charge in [-0.25, -0.2) is 9.67 Å². The molecular weight excluding hydrogens is 178 g/mol. The van der Waals surface area contributed by atoms with Crippen LogP contribution in [-0.2, 0) is 4.74 Å². The zero-order valence-corrected chi connectivity index (χ0v) is 9.18. The van der Waals surface area contributed by atoms with Gasteiger partial charge < -0.3 is 4.74 Å². The van der Waals surface area contributed by atoms with Gasteiger partial charge in [0.15, 0.2) is 6.23 Å². The van der Waals surface area contributed by atoms with Crippen LogP contribution < -0.4 is 0 Å². The lowest BCUT2D eigenvalue weighted by molar-refractivity contribution is -0.0389. The molecule has 0 N–H and O–H groups in total. The fourth-order valence-electron chi connectivity index (χ4n) is 1.27. The highest BCUT2D eigenvalue weighted by Gasteiger charge is 2.15. The Kier molecular flexibility index (Phi) is 4.59. The second kappa shape index (κ2) is 5.75. The van der Waals surface area contributed by atoms with Gasteiger partial charge in [-0.05, 0) is 6.42 Å². The van der Waals surface area contributed by atoms with Crippen LogP contribution in [0.25, 0.3) is 0 Å². The van der Waals surface area contributed by atoms with Gasteiger partial charge in [0.2, 0.25) is 0 Å². The van der Waals surface area contributed by atoms with Crippen molar-refractivity contribution in [1.82, 2.24) is 14.8 Å². The molecule has 0 saturated heterocycles. The van der Waals surface area contributed by atoms with Crippen molar-refractivity contribution in [3.8, 4) is 0 Å². The minimum Gasteiger partial charge on any atom is -0.356 e. The van der Waals surface area contributed by atoms with Crippen LogP contribution in [-0.4, -0.2) is 21.4 Å². The Labute approximate surface area is 85.3 Å². The first kappa shape index (κ1) is 11.2. The highest BCUT2D eigenvalue weighted by molar-refractivity contribution is 4.64. The van der Waals surface area contributed by atoms with E-state index in [0.29, 0.717) is 5.92 Å². The van der Waals surface area contributed by atoms with Gasteiger partial charge in [0.05, 0.1) is 0 Å². The van der Waals surface area contributed by atoms with Crippen LogP contribution in [0.4, 0.5) is 0 Å². The smallest absolute Gasteiger partial charge is 0.154 e. The molecule has 0 aliphatic carbocycles. The third kappa shape index (κ3) is 3.10. The fraction of sp³-hybridized carbons (Fsp3) is 0.800. The Morgan fingerprint density at radius 3 is 2.71 bits per heavy atom. The van der Waals surface area contributed by atoms with E-state index in [9.17, 15) is 0 Å². The van der Waals surface area contributed by atoms with Gasteiger partial charge in [-0.15, -0.1) is 0 Å². The molecule has 4 nitrogen and oxygen atoms in total. The maximum Gasteiger partial charge on any atom is 0.154 e. The molecule has 0 fully saturated rings. The van der Waals surface area contributed by atoms with Crippen molar-refractivity contribution in [3.05, 3.63) is 12.7 Å². The van der Waals surface area contributed by atoms with Crippen molar-refractivity contribution in [2.24, 2.45) is 5.92 Å². The summed E-state index contributed by atoms with van der Waals surface area (Å²) in [6, 6.07) is 0. The number of hydrogen-bond donors (Lipinski definition) is 0. The Bertz CT molecular complexity index is 234. The summed E-state index contributed by atoms with van der Waals surface area (Å²) in [5, 5.41) is 4.10. The van der Waals surface area contributed by atoms with Crippen LogP contribution in [0.5, 0.6) is 0 Å². The van der Waals surface area contributed by atoms with Crippen LogP contribution in [0.2, 0.25) is 0 Å². The van der Waals surface area contributed by atoms with Gasteiger partial charge in [-0.3, -0.25) is 0 Å². The third-order valence-electron chi connectivity index (χ3n) is 2.05. The molecule has 80 valence electrons. The molecular formula is C10H19N3O. The summed E-state index contributed by atoms with van der Waals surface area (Å²) in [7, 11) is 0. The lowest BCUT2D eigenvalue weighted by Gasteiger charge is -2.21. The third-order valence-corrected chi connectivity index (χ3v) is 2.05. The predicted molar refractivity (Wildman–Crippen MR) is 54.8 cm³/mol. The zero-order valence-electron chi connectivity index (χ0n) is 9.18. The van der Waals surface area contributed by atoms with Crippen LogP contribution in [0.3, 0.4) is 0 Å². The average molecular weight is 197 g/mol. The maximum absolute atomic E-state index is 5.75. The lowest BCUT2D eigenvalue weighted by atomic mass is 10.2. The SMILES string of the molecule is CCCCOC(C(C)C)n1cncn1. The van der Waals surface area contributed by atoms with Crippen LogP contribution in [0.15, 0.2) is 12.7 Å². The number of ether oxygens (including phenoxy) is 1. The molecule has 0 radical (unpaired) electrons. The summed E-state index contributed by atoms with van der Waals surface area (Å²) < 4.78 is 7.53. The molecule has 0 saturated carbocycles. The van der Waals surface area contributed by atoms with E-state index in [1.807, 2.05) is 0 Å². The lowest BCUT2D eigenvalue weighted by Crippen LogP contribution is -2.19. The number of unbranched alkanes of at least 4 members (excludes halogenated alkanes) is 1. The number of aromatic nitrogens is 3. The molecule has 1 heterocycles. The minimum atomic E-state index is 0.0176. The van der Waals surface area contributed by atoms with E-state index in [-0.39, 0.29) is 6.23 Å². The second-order valence-corrected chi connectivity index (χ2v) is 3.73. The first-order chi connectivity index (χ1) is 6.75. The van der Waals surface area contributed by atoms with Crippen molar-refractivity contribution >= 4 is 0 Å². The molecule has 1 atom stereocenters. The highest BCUT2D eigenvalue weighted by Crippen LogP contribution is 2.17. The van der Waals surface area contributed by atoms with Gasteiger partial charge in [-0.2, -0.15) is 5.10 Å². The fourth-order valence-corrected chi connectivity index (χ4v) is 1.27. The monoisotopic (exact) mass is 197 g/mol. The Morgan fingerprint density at radius 1 is 1.43 bits per heavy atom. The second-order valence-electron chi connectivity index (χ2n) is 3.73. The minimum absolute atomic E-state index is 0.0176. The molecule has 0 spiro atoms. The van der Waals surface area contributed by atoms with Crippen molar-refractivity contribution in [3.63, 3.8) is 0 Å². The van der Waals surface area contributed by atoms with E-state index in [1.54, 1.807) is 17.3 Å². The molecule has 1 aromatic rings. The number of rotatable bonds is 6.